The number of fused-ring (bicyclic) bond motifs is 5. The molecule has 336 valence electrons. The zero-order valence-electron chi connectivity index (χ0n) is 39.7. The van der Waals surface area contributed by atoms with Crippen LogP contribution < -0.4 is 30.8 Å². The zero-order valence-corrected chi connectivity index (χ0v) is 41.9. The third-order valence-corrected chi connectivity index (χ3v) is 13.4. The number of aromatic nitrogens is 3. The van der Waals surface area contributed by atoms with Gasteiger partial charge >= 0.3 is 22.4 Å². The van der Waals surface area contributed by atoms with Crippen LogP contribution >= 0.6 is 0 Å². The summed E-state index contributed by atoms with van der Waals surface area (Å²) in [6.07, 6.45) is 7.88. The molecular weight excluding hydrogens is 998 g/mol. The number of para-hydroxylation sites is 8. The van der Waals surface area contributed by atoms with E-state index in [-0.39, 0.29) is 29.1 Å². The van der Waals surface area contributed by atoms with Gasteiger partial charge in [0.15, 0.2) is 0 Å². The minimum atomic E-state index is 0. The largest absolute Gasteiger partial charge is 1.00 e. The third kappa shape index (κ3) is 8.05. The second-order valence-electron chi connectivity index (χ2n) is 18.9. The molecule has 0 saturated carbocycles. The second-order valence-corrected chi connectivity index (χ2v) is 18.9. The molecule has 0 saturated heterocycles. The van der Waals surface area contributed by atoms with Crippen LogP contribution in [0.25, 0.3) is 22.4 Å². The number of nitrogens with zero attached hydrogens (tertiary/aromatic N) is 5. The van der Waals surface area contributed by atoms with Crippen molar-refractivity contribution < 1.29 is 26.9 Å². The Labute approximate surface area is 413 Å². The Morgan fingerprint density at radius 1 is 0.448 bits per heavy atom. The van der Waals surface area contributed by atoms with Gasteiger partial charge in [0.25, 0.3) is 13.0 Å². The molecule has 5 nitrogen and oxygen atoms in total. The van der Waals surface area contributed by atoms with Crippen LogP contribution in [0.2, 0.25) is 0 Å². The van der Waals surface area contributed by atoms with Gasteiger partial charge in [0.05, 0.1) is 46.2 Å². The van der Waals surface area contributed by atoms with Gasteiger partial charge in [-0.2, -0.15) is 0 Å². The minimum absolute atomic E-state index is 0. The Kier molecular flexibility index (Phi) is 13.0. The summed E-state index contributed by atoms with van der Waals surface area (Å²) in [6.45, 7) is 18.4. The fourth-order valence-corrected chi connectivity index (χ4v) is 10.4. The van der Waals surface area contributed by atoms with E-state index in [2.05, 4.69) is 251 Å². The summed E-state index contributed by atoms with van der Waals surface area (Å²) in [6, 6.07) is 61.0. The van der Waals surface area contributed by atoms with Gasteiger partial charge in [0.2, 0.25) is 0 Å². The summed E-state index contributed by atoms with van der Waals surface area (Å²) in [5.74, 6) is 1.71. The van der Waals surface area contributed by atoms with Gasteiger partial charge in [-0.05, 0) is 98.7 Å². The predicted octanol–water partition coefficient (Wildman–Crippen LogP) is 13.4. The van der Waals surface area contributed by atoms with E-state index in [0.29, 0.717) is 23.7 Å². The first-order chi connectivity index (χ1) is 32.1. The average Bonchev–Trinajstić information content (AvgIpc) is 3.73. The smallest absolute Gasteiger partial charge is 0.310 e. The van der Waals surface area contributed by atoms with Gasteiger partial charge in [0.1, 0.15) is 0 Å². The van der Waals surface area contributed by atoms with E-state index in [1.807, 2.05) is 12.4 Å². The van der Waals surface area contributed by atoms with E-state index < -0.39 is 0 Å². The molecule has 7 aromatic carbocycles. The first kappa shape index (κ1) is 45.7. The monoisotopic (exact) mass is 1060 g/mol. The first-order valence-corrected chi connectivity index (χ1v) is 23.7. The number of benzene rings is 7. The SMILES string of the molecule is CC(C)c1cccc(C(C)C)c1-n1[c-][n+](-c2c(C(C)C)cccc2C(C)C)c2ccccc21.[Au+].c1ccc(N2c3ccccc3B3c4ccccc4N(c4ccccc4)c4cncc2c43)cc1. The topological polar surface area (TPSA) is 28.2 Å². The molecular formula is C60H58AuBN5+. The molecule has 0 radical (unpaired) electrons. The van der Waals surface area contributed by atoms with Crippen LogP contribution in [0.4, 0.5) is 34.1 Å². The van der Waals surface area contributed by atoms with Crippen molar-refractivity contribution in [1.82, 2.24) is 9.55 Å². The summed E-state index contributed by atoms with van der Waals surface area (Å²) < 4.78 is 4.64. The Morgan fingerprint density at radius 2 is 0.866 bits per heavy atom. The number of hydrogen-bond acceptors (Lipinski definition) is 3. The number of pyridine rings is 1. The van der Waals surface area contributed by atoms with Crippen molar-refractivity contribution in [1.29, 1.82) is 0 Å². The molecule has 0 spiro atoms. The molecule has 9 aromatic rings. The standard InChI is InChI=1S/C31H38N2.C29H20BN3.Au/c1-20(2)24-13-11-14-25(21(3)4)30(24)32-19-33(29-18-10-9-17-28(29)32)31-26(22(5)6)15-12-16-27(31)23(7)8;1-3-11-21(12-4-1)32-25-17-9-7-15-23(25)30-24-16-8-10-18-26(24)33(22-13-5-2-6-14-22)28-20-31-19-27(32)29(28)30;/h9-18,20-23H,1-8H3;1-20H;/q;;+1. The molecule has 0 atom stereocenters. The first-order valence-electron chi connectivity index (χ1n) is 23.7. The van der Waals surface area contributed by atoms with Crippen LogP contribution in [0.15, 0.2) is 182 Å². The van der Waals surface area contributed by atoms with Crippen molar-refractivity contribution in [2.75, 3.05) is 9.80 Å². The Hall–Kier alpha value is -6.43. The van der Waals surface area contributed by atoms with Crippen molar-refractivity contribution >= 4 is 68.3 Å². The predicted molar refractivity (Wildman–Crippen MR) is 278 cm³/mol. The van der Waals surface area contributed by atoms with Gasteiger partial charge in [-0.15, -0.1) is 0 Å². The second kappa shape index (κ2) is 19.0. The van der Waals surface area contributed by atoms with Crippen LogP contribution in [0.5, 0.6) is 0 Å². The molecule has 0 fully saturated rings. The van der Waals surface area contributed by atoms with Crippen LogP contribution in [-0.2, 0) is 22.4 Å². The summed E-state index contributed by atoms with van der Waals surface area (Å²) in [4.78, 5) is 9.46. The molecule has 0 N–H and O–H groups in total. The Morgan fingerprint density at radius 3 is 1.34 bits per heavy atom. The summed E-state index contributed by atoms with van der Waals surface area (Å²) in [5.41, 5.74) is 21.3. The molecule has 4 heterocycles. The summed E-state index contributed by atoms with van der Waals surface area (Å²) >= 11 is 0. The zero-order chi connectivity index (χ0) is 45.6. The molecule has 2 aromatic heterocycles. The maximum absolute atomic E-state index is 4.75. The molecule has 0 amide bonds. The van der Waals surface area contributed by atoms with Crippen LogP contribution in [0.1, 0.15) is 101 Å². The maximum Gasteiger partial charge on any atom is 1.00 e. The number of imidazole rings is 1. The van der Waals surface area contributed by atoms with Gasteiger partial charge in [-0.1, -0.05) is 189 Å². The maximum atomic E-state index is 4.75. The van der Waals surface area contributed by atoms with Gasteiger partial charge in [-0.25, -0.2) is 0 Å². The van der Waals surface area contributed by atoms with Crippen molar-refractivity contribution in [2.45, 2.75) is 79.1 Å². The van der Waals surface area contributed by atoms with Crippen LogP contribution in [-0.4, -0.2) is 16.3 Å². The van der Waals surface area contributed by atoms with Crippen LogP contribution in [0, 0.1) is 6.33 Å². The van der Waals surface area contributed by atoms with E-state index in [9.17, 15) is 0 Å². The average molecular weight is 1060 g/mol. The quantitative estimate of drug-likeness (QED) is 0.0862. The number of anilines is 6. The van der Waals surface area contributed by atoms with E-state index in [0.717, 1.165) is 22.7 Å². The van der Waals surface area contributed by atoms with Crippen molar-refractivity contribution in [3.05, 3.63) is 211 Å². The van der Waals surface area contributed by atoms with Crippen molar-refractivity contribution in [3.63, 3.8) is 0 Å². The van der Waals surface area contributed by atoms with Gasteiger partial charge < -0.3 is 9.80 Å². The fourth-order valence-electron chi connectivity index (χ4n) is 10.4. The van der Waals surface area contributed by atoms with E-state index >= 15 is 0 Å². The van der Waals surface area contributed by atoms with Crippen molar-refractivity contribution in [2.24, 2.45) is 0 Å². The number of rotatable bonds is 8. The number of hydrogen-bond donors (Lipinski definition) is 0. The molecule has 11 rings (SSSR count). The van der Waals surface area contributed by atoms with Gasteiger partial charge in [0, 0.05) is 22.7 Å². The van der Waals surface area contributed by atoms with E-state index in [1.54, 1.807) is 0 Å². The van der Waals surface area contributed by atoms with Gasteiger partial charge in [-0.3, -0.25) is 14.1 Å². The molecule has 7 heteroatoms. The van der Waals surface area contributed by atoms with E-state index in [1.165, 1.54) is 72.4 Å². The van der Waals surface area contributed by atoms with Crippen molar-refractivity contribution in [3.8, 4) is 11.4 Å². The summed E-state index contributed by atoms with van der Waals surface area (Å²) in [7, 11) is 0. The Bertz CT molecular complexity index is 2930. The fraction of sp³-hybridized carbons (Fsp3) is 0.200. The molecule has 2 aliphatic rings. The molecule has 2 aliphatic heterocycles. The molecule has 0 aliphatic carbocycles. The molecule has 67 heavy (non-hydrogen) atoms. The normalized spacial score (nSPS) is 12.5. The minimum Gasteiger partial charge on any atom is -0.310 e. The third-order valence-electron chi connectivity index (χ3n) is 13.4. The molecule has 0 bridgehead atoms. The van der Waals surface area contributed by atoms with E-state index in [4.69, 9.17) is 4.98 Å². The summed E-state index contributed by atoms with van der Waals surface area (Å²) in [5, 5.41) is 0. The Balaban J connectivity index is 0.000000165. The van der Waals surface area contributed by atoms with Crippen LogP contribution in [0.3, 0.4) is 0 Å². The molecule has 0 unspecified atom stereocenters.